The van der Waals surface area contributed by atoms with Crippen LogP contribution in [0, 0.1) is 6.92 Å². The quantitative estimate of drug-likeness (QED) is 0.942. The van der Waals surface area contributed by atoms with Gasteiger partial charge < -0.3 is 5.32 Å². The summed E-state index contributed by atoms with van der Waals surface area (Å²) in [4.78, 5) is 8.66. The maximum Gasteiger partial charge on any atom is 0.416 e. The lowest BCUT2D eigenvalue weighted by molar-refractivity contribution is -0.138. The van der Waals surface area contributed by atoms with Crippen LogP contribution in [0.4, 0.5) is 13.2 Å². The predicted molar refractivity (Wildman–Crippen MR) is 67.0 cm³/mol. The van der Waals surface area contributed by atoms with Gasteiger partial charge in [-0.2, -0.15) is 13.2 Å². The standard InChI is InChI=1S/C12H12F3N3S/c1-7-11(19-6-18-7)10(16-2)8-5-17-4-3-9(8)12(13,14)15/h3-6,10,16H,1-2H3. The molecule has 2 aromatic heterocycles. The molecule has 0 saturated carbocycles. The van der Waals surface area contributed by atoms with Crippen LogP contribution in [0.15, 0.2) is 24.0 Å². The lowest BCUT2D eigenvalue weighted by atomic mass is 10.0. The van der Waals surface area contributed by atoms with E-state index in [4.69, 9.17) is 0 Å². The number of halogens is 3. The summed E-state index contributed by atoms with van der Waals surface area (Å²) in [5, 5.41) is 2.90. The molecule has 0 radical (unpaired) electrons. The van der Waals surface area contributed by atoms with E-state index in [0.29, 0.717) is 0 Å². The van der Waals surface area contributed by atoms with Crippen molar-refractivity contribution in [1.82, 2.24) is 15.3 Å². The van der Waals surface area contributed by atoms with Crippen molar-refractivity contribution in [3.05, 3.63) is 45.7 Å². The van der Waals surface area contributed by atoms with E-state index in [-0.39, 0.29) is 5.56 Å². The van der Waals surface area contributed by atoms with Gasteiger partial charge in [-0.25, -0.2) is 4.98 Å². The number of aromatic nitrogens is 2. The molecular weight excluding hydrogens is 275 g/mol. The highest BCUT2D eigenvalue weighted by molar-refractivity contribution is 7.09. The maximum atomic E-state index is 13.0. The Kier molecular flexibility index (Phi) is 3.86. The fourth-order valence-corrected chi connectivity index (χ4v) is 2.84. The van der Waals surface area contributed by atoms with Gasteiger partial charge in [0.05, 0.1) is 22.8 Å². The molecule has 0 fully saturated rings. The van der Waals surface area contributed by atoms with E-state index in [9.17, 15) is 13.2 Å². The number of hydrogen-bond donors (Lipinski definition) is 1. The highest BCUT2D eigenvalue weighted by atomic mass is 32.1. The van der Waals surface area contributed by atoms with Gasteiger partial charge in [0.15, 0.2) is 0 Å². The highest BCUT2D eigenvalue weighted by Gasteiger charge is 2.35. The molecule has 2 rings (SSSR count). The SMILES string of the molecule is CNC(c1cnccc1C(F)(F)F)c1scnc1C. The molecule has 0 aromatic carbocycles. The molecule has 102 valence electrons. The Morgan fingerprint density at radius 2 is 2.11 bits per heavy atom. The zero-order chi connectivity index (χ0) is 14.0. The van der Waals surface area contributed by atoms with Crippen LogP contribution < -0.4 is 5.32 Å². The summed E-state index contributed by atoms with van der Waals surface area (Å²) < 4.78 is 39.1. The first-order valence-electron chi connectivity index (χ1n) is 5.53. The number of alkyl halides is 3. The third kappa shape index (κ3) is 2.76. The predicted octanol–water partition coefficient (Wildman–Crippen LogP) is 3.17. The normalized spacial score (nSPS) is 13.5. The molecule has 1 N–H and O–H groups in total. The van der Waals surface area contributed by atoms with Crippen molar-refractivity contribution >= 4 is 11.3 Å². The minimum Gasteiger partial charge on any atom is -0.309 e. The lowest BCUT2D eigenvalue weighted by Crippen LogP contribution is -2.22. The topological polar surface area (TPSA) is 37.8 Å². The number of rotatable bonds is 3. The van der Waals surface area contributed by atoms with Crippen LogP contribution in [-0.2, 0) is 6.18 Å². The summed E-state index contributed by atoms with van der Waals surface area (Å²) >= 11 is 1.33. The summed E-state index contributed by atoms with van der Waals surface area (Å²) in [7, 11) is 1.62. The van der Waals surface area contributed by atoms with Crippen molar-refractivity contribution in [3.63, 3.8) is 0 Å². The van der Waals surface area contributed by atoms with Gasteiger partial charge in [0.1, 0.15) is 0 Å². The first kappa shape index (κ1) is 14.0. The molecule has 0 spiro atoms. The second kappa shape index (κ2) is 5.26. The van der Waals surface area contributed by atoms with Crippen molar-refractivity contribution in [2.75, 3.05) is 7.05 Å². The largest absolute Gasteiger partial charge is 0.416 e. The second-order valence-corrected chi connectivity index (χ2v) is 4.87. The number of pyridine rings is 1. The van der Waals surface area contributed by atoms with Crippen molar-refractivity contribution in [1.29, 1.82) is 0 Å². The fraction of sp³-hybridized carbons (Fsp3) is 0.333. The highest BCUT2D eigenvalue weighted by Crippen LogP contribution is 2.37. The maximum absolute atomic E-state index is 13.0. The molecule has 7 heteroatoms. The molecule has 0 amide bonds. The molecule has 0 bridgehead atoms. The first-order chi connectivity index (χ1) is 8.95. The Morgan fingerprint density at radius 3 is 2.63 bits per heavy atom. The Hall–Kier alpha value is -1.47. The molecule has 0 aliphatic heterocycles. The van der Waals surface area contributed by atoms with Crippen molar-refractivity contribution in [3.8, 4) is 0 Å². The van der Waals surface area contributed by atoms with Crippen LogP contribution in [0.1, 0.15) is 27.7 Å². The molecule has 0 saturated heterocycles. The van der Waals surface area contributed by atoms with Crippen molar-refractivity contribution in [2.45, 2.75) is 19.1 Å². The Morgan fingerprint density at radius 1 is 1.37 bits per heavy atom. The summed E-state index contributed by atoms with van der Waals surface area (Å²) in [6.45, 7) is 1.78. The van der Waals surface area contributed by atoms with Gasteiger partial charge in [-0.15, -0.1) is 11.3 Å². The molecular formula is C12H12F3N3S. The van der Waals surface area contributed by atoms with Gasteiger partial charge >= 0.3 is 6.18 Å². The Balaban J connectivity index is 2.54. The fourth-order valence-electron chi connectivity index (χ4n) is 1.91. The van der Waals surface area contributed by atoms with Gasteiger partial charge in [-0.3, -0.25) is 4.98 Å². The molecule has 0 aliphatic carbocycles. The van der Waals surface area contributed by atoms with E-state index in [1.165, 1.54) is 17.5 Å². The third-order valence-corrected chi connectivity index (χ3v) is 3.80. The molecule has 3 nitrogen and oxygen atoms in total. The Labute approximate surface area is 112 Å². The van der Waals surface area contributed by atoms with Gasteiger partial charge in [-0.1, -0.05) is 0 Å². The summed E-state index contributed by atoms with van der Waals surface area (Å²) in [6.07, 6.45) is -1.99. The molecule has 1 unspecified atom stereocenters. The van der Waals surface area contributed by atoms with E-state index in [1.54, 1.807) is 19.5 Å². The van der Waals surface area contributed by atoms with E-state index in [0.717, 1.165) is 22.8 Å². The number of hydrogen-bond acceptors (Lipinski definition) is 4. The van der Waals surface area contributed by atoms with Crippen LogP contribution in [0.5, 0.6) is 0 Å². The second-order valence-electron chi connectivity index (χ2n) is 3.98. The van der Waals surface area contributed by atoms with Gasteiger partial charge in [0, 0.05) is 22.8 Å². The molecule has 2 heterocycles. The summed E-state index contributed by atoms with van der Waals surface area (Å²) in [5.41, 5.74) is 1.79. The van der Waals surface area contributed by atoms with E-state index in [1.807, 2.05) is 0 Å². The van der Waals surface area contributed by atoms with Crippen LogP contribution in [-0.4, -0.2) is 17.0 Å². The average molecular weight is 287 g/mol. The summed E-state index contributed by atoms with van der Waals surface area (Å²) in [5.74, 6) is 0. The Bertz CT molecular complexity index is 565. The minimum absolute atomic E-state index is 0.116. The average Bonchev–Trinajstić information content (AvgIpc) is 2.76. The lowest BCUT2D eigenvalue weighted by Gasteiger charge is -2.20. The minimum atomic E-state index is -4.40. The van der Waals surface area contributed by atoms with Crippen LogP contribution in [0.3, 0.4) is 0 Å². The molecule has 0 aliphatic rings. The van der Waals surface area contributed by atoms with Crippen LogP contribution >= 0.6 is 11.3 Å². The summed E-state index contributed by atoms with van der Waals surface area (Å²) in [6, 6.07) is 0.439. The smallest absolute Gasteiger partial charge is 0.309 e. The van der Waals surface area contributed by atoms with Gasteiger partial charge in [0.25, 0.3) is 0 Å². The van der Waals surface area contributed by atoms with Crippen LogP contribution in [0.2, 0.25) is 0 Å². The zero-order valence-corrected chi connectivity index (χ0v) is 11.1. The number of nitrogens with zero attached hydrogens (tertiary/aromatic N) is 2. The van der Waals surface area contributed by atoms with Crippen molar-refractivity contribution < 1.29 is 13.2 Å². The molecule has 19 heavy (non-hydrogen) atoms. The zero-order valence-electron chi connectivity index (χ0n) is 10.3. The van der Waals surface area contributed by atoms with E-state index in [2.05, 4.69) is 15.3 Å². The van der Waals surface area contributed by atoms with Gasteiger partial charge in [0.2, 0.25) is 0 Å². The third-order valence-electron chi connectivity index (χ3n) is 2.80. The number of aryl methyl sites for hydroxylation is 1. The van der Waals surface area contributed by atoms with E-state index >= 15 is 0 Å². The van der Waals surface area contributed by atoms with Gasteiger partial charge in [-0.05, 0) is 20.0 Å². The monoisotopic (exact) mass is 287 g/mol. The molecule has 2 aromatic rings. The number of thiazole rings is 1. The molecule has 1 atom stereocenters. The first-order valence-corrected chi connectivity index (χ1v) is 6.41. The van der Waals surface area contributed by atoms with Crippen molar-refractivity contribution in [2.24, 2.45) is 0 Å². The number of nitrogens with one attached hydrogen (secondary N) is 1. The van der Waals surface area contributed by atoms with E-state index < -0.39 is 17.8 Å². The van der Waals surface area contributed by atoms with Crippen LogP contribution in [0.25, 0.3) is 0 Å².